The molecular weight excluding hydrogens is 536 g/mol. The van der Waals surface area contributed by atoms with Crippen LogP contribution >= 0.6 is 0 Å². The lowest BCUT2D eigenvalue weighted by molar-refractivity contribution is -0.143. The Morgan fingerprint density at radius 1 is 0.756 bits per heavy atom. The Labute approximate surface area is 234 Å². The molecular formula is C26H32N8O7. The predicted octanol–water partition coefficient (Wildman–Crippen LogP) is -1.11. The lowest BCUT2D eigenvalue weighted by Gasteiger charge is -2.25. The lowest BCUT2D eigenvalue weighted by atomic mass is 10.0. The van der Waals surface area contributed by atoms with Gasteiger partial charge >= 0.3 is 11.9 Å². The fourth-order valence-corrected chi connectivity index (χ4v) is 3.96. The summed E-state index contributed by atoms with van der Waals surface area (Å²) in [5.74, 6) is -4.89. The van der Waals surface area contributed by atoms with Gasteiger partial charge in [0.25, 0.3) is 0 Å². The van der Waals surface area contributed by atoms with Gasteiger partial charge in [-0.1, -0.05) is 30.3 Å². The van der Waals surface area contributed by atoms with Gasteiger partial charge in [0, 0.05) is 43.0 Å². The Morgan fingerprint density at radius 3 is 1.83 bits per heavy atom. The van der Waals surface area contributed by atoms with Gasteiger partial charge < -0.3 is 41.9 Å². The number of rotatable bonds is 16. The van der Waals surface area contributed by atoms with Crippen LogP contribution in [0.5, 0.6) is 0 Å². The molecule has 4 unspecified atom stereocenters. The maximum absolute atomic E-state index is 13.4. The van der Waals surface area contributed by atoms with Crippen LogP contribution in [0, 0.1) is 0 Å². The number of amides is 3. The number of hydrogen-bond donors (Lipinski definition) is 8. The quantitative estimate of drug-likeness (QED) is 0.103. The highest BCUT2D eigenvalue weighted by atomic mass is 16.4. The summed E-state index contributed by atoms with van der Waals surface area (Å²) in [4.78, 5) is 75.7. The molecule has 3 aromatic rings. The molecule has 0 aliphatic carbocycles. The Balaban J connectivity index is 1.74. The van der Waals surface area contributed by atoms with E-state index in [1.807, 2.05) is 18.2 Å². The summed E-state index contributed by atoms with van der Waals surface area (Å²) < 4.78 is 0. The highest BCUT2D eigenvalue weighted by Crippen LogP contribution is 2.07. The number of aromatic nitrogens is 4. The van der Waals surface area contributed by atoms with E-state index in [9.17, 15) is 29.1 Å². The van der Waals surface area contributed by atoms with Crippen LogP contribution in [-0.2, 0) is 43.2 Å². The third-order valence-corrected chi connectivity index (χ3v) is 6.12. The number of benzene rings is 1. The third kappa shape index (κ3) is 9.89. The Bertz CT molecular complexity index is 1300. The van der Waals surface area contributed by atoms with E-state index in [-0.39, 0.29) is 25.7 Å². The van der Waals surface area contributed by atoms with Crippen molar-refractivity contribution in [2.24, 2.45) is 5.73 Å². The summed E-state index contributed by atoms with van der Waals surface area (Å²) in [5.41, 5.74) is 7.84. The van der Waals surface area contributed by atoms with Gasteiger partial charge in [-0.2, -0.15) is 0 Å². The second kappa shape index (κ2) is 14.9. The van der Waals surface area contributed by atoms with Crippen molar-refractivity contribution in [3.05, 3.63) is 72.3 Å². The first-order chi connectivity index (χ1) is 19.6. The van der Waals surface area contributed by atoms with Gasteiger partial charge in [-0.3, -0.25) is 19.2 Å². The van der Waals surface area contributed by atoms with Crippen molar-refractivity contribution in [2.75, 3.05) is 0 Å². The average molecular weight is 569 g/mol. The van der Waals surface area contributed by atoms with Crippen molar-refractivity contribution in [2.45, 2.75) is 56.3 Å². The Kier molecular flexibility index (Phi) is 11.1. The minimum atomic E-state index is -1.42. The number of imidazole rings is 2. The van der Waals surface area contributed by atoms with Crippen LogP contribution in [-0.4, -0.2) is 84.0 Å². The minimum Gasteiger partial charge on any atom is -0.481 e. The average Bonchev–Trinajstić information content (AvgIpc) is 3.65. The Morgan fingerprint density at radius 2 is 1.29 bits per heavy atom. The first kappa shape index (κ1) is 30.5. The molecule has 3 rings (SSSR count). The van der Waals surface area contributed by atoms with E-state index >= 15 is 0 Å². The molecule has 218 valence electrons. The van der Waals surface area contributed by atoms with Crippen molar-refractivity contribution in [3.63, 3.8) is 0 Å². The second-order valence-electron chi connectivity index (χ2n) is 9.31. The maximum Gasteiger partial charge on any atom is 0.326 e. The smallest absolute Gasteiger partial charge is 0.326 e. The SMILES string of the molecule is NC(Cc1ccccc1)C(=O)NC(Cc1cnc[nH]1)C(=O)NC(CCC(=O)O)C(=O)NC(Cc1cnc[nH]1)C(=O)O. The summed E-state index contributed by atoms with van der Waals surface area (Å²) in [6.07, 6.45) is 4.82. The van der Waals surface area contributed by atoms with Gasteiger partial charge in [-0.05, 0) is 18.4 Å². The number of nitrogens with one attached hydrogen (secondary N) is 5. The van der Waals surface area contributed by atoms with E-state index in [0.717, 1.165) is 5.56 Å². The summed E-state index contributed by atoms with van der Waals surface area (Å²) in [6, 6.07) is 4.05. The third-order valence-electron chi connectivity index (χ3n) is 6.12. The number of nitrogens with two attached hydrogens (primary N) is 1. The number of H-pyrrole nitrogens is 2. The van der Waals surface area contributed by atoms with Gasteiger partial charge in [0.2, 0.25) is 17.7 Å². The first-order valence-electron chi connectivity index (χ1n) is 12.7. The molecule has 9 N–H and O–H groups in total. The van der Waals surface area contributed by atoms with Crippen LogP contribution in [0.2, 0.25) is 0 Å². The van der Waals surface area contributed by atoms with Crippen LogP contribution < -0.4 is 21.7 Å². The number of carbonyl (C=O) groups excluding carboxylic acids is 3. The Hall–Kier alpha value is -5.05. The maximum atomic E-state index is 13.4. The molecule has 2 heterocycles. The summed E-state index contributed by atoms with van der Waals surface area (Å²) in [5, 5.41) is 26.2. The molecule has 3 amide bonds. The zero-order chi connectivity index (χ0) is 29.8. The molecule has 0 fully saturated rings. The number of carboxylic acid groups (broad SMARTS) is 2. The molecule has 1 aromatic carbocycles. The molecule has 0 aliphatic rings. The highest BCUT2D eigenvalue weighted by Gasteiger charge is 2.31. The van der Waals surface area contributed by atoms with E-state index in [0.29, 0.717) is 11.4 Å². The van der Waals surface area contributed by atoms with Crippen LogP contribution in [0.4, 0.5) is 0 Å². The predicted molar refractivity (Wildman–Crippen MR) is 143 cm³/mol. The fraction of sp³-hybridized carbons (Fsp3) is 0.346. The summed E-state index contributed by atoms with van der Waals surface area (Å²) in [6.45, 7) is 0. The van der Waals surface area contributed by atoms with Crippen LogP contribution in [0.25, 0.3) is 0 Å². The number of aromatic amines is 2. The fourth-order valence-electron chi connectivity index (χ4n) is 3.96. The van der Waals surface area contributed by atoms with E-state index in [1.165, 1.54) is 25.0 Å². The molecule has 0 aliphatic heterocycles. The molecule has 15 heteroatoms. The van der Waals surface area contributed by atoms with Gasteiger partial charge in [-0.15, -0.1) is 0 Å². The summed E-state index contributed by atoms with van der Waals surface area (Å²) in [7, 11) is 0. The van der Waals surface area contributed by atoms with Crippen LogP contribution in [0.15, 0.2) is 55.4 Å². The number of carbonyl (C=O) groups is 5. The van der Waals surface area contributed by atoms with Gasteiger partial charge in [0.05, 0.1) is 18.7 Å². The van der Waals surface area contributed by atoms with Crippen LogP contribution in [0.3, 0.4) is 0 Å². The molecule has 15 nitrogen and oxygen atoms in total. The van der Waals surface area contributed by atoms with Crippen molar-refractivity contribution >= 4 is 29.7 Å². The van der Waals surface area contributed by atoms with Crippen molar-refractivity contribution in [1.82, 2.24) is 35.9 Å². The number of carboxylic acids is 2. The monoisotopic (exact) mass is 568 g/mol. The van der Waals surface area contributed by atoms with E-state index in [1.54, 1.807) is 12.1 Å². The normalized spacial score (nSPS) is 13.8. The van der Waals surface area contributed by atoms with Gasteiger partial charge in [0.15, 0.2) is 0 Å². The first-order valence-corrected chi connectivity index (χ1v) is 12.7. The number of nitrogens with zero attached hydrogens (tertiary/aromatic N) is 2. The number of aliphatic carboxylic acids is 2. The topological polar surface area (TPSA) is 245 Å². The van der Waals surface area contributed by atoms with Gasteiger partial charge in [0.1, 0.15) is 18.1 Å². The molecule has 0 bridgehead atoms. The standard InChI is InChI=1S/C26H32N8O7/c27-18(8-15-4-2-1-3-5-15)23(37)33-20(9-16-11-28-13-30-16)25(39)32-19(6-7-22(35)36)24(38)34-21(26(40)41)10-17-12-29-14-31-17/h1-5,11-14,18-21H,6-10,27H2,(H,28,30)(H,29,31)(H,32,39)(H,33,37)(H,34,38)(H,35,36)(H,40,41). The molecule has 0 radical (unpaired) electrons. The van der Waals surface area contributed by atoms with E-state index in [2.05, 4.69) is 35.9 Å². The van der Waals surface area contributed by atoms with Gasteiger partial charge in [-0.25, -0.2) is 14.8 Å². The summed E-state index contributed by atoms with van der Waals surface area (Å²) >= 11 is 0. The largest absolute Gasteiger partial charge is 0.481 e. The molecule has 4 atom stereocenters. The second-order valence-corrected chi connectivity index (χ2v) is 9.31. The van der Waals surface area contributed by atoms with Crippen molar-refractivity contribution in [3.8, 4) is 0 Å². The molecule has 41 heavy (non-hydrogen) atoms. The minimum absolute atomic E-state index is 0.0412. The van der Waals surface area contributed by atoms with Crippen LogP contribution in [0.1, 0.15) is 29.8 Å². The molecule has 2 aromatic heterocycles. The van der Waals surface area contributed by atoms with E-state index in [4.69, 9.17) is 10.8 Å². The van der Waals surface area contributed by atoms with Crippen molar-refractivity contribution < 1.29 is 34.2 Å². The molecule has 0 spiro atoms. The lowest BCUT2D eigenvalue weighted by Crippen LogP contribution is -2.58. The zero-order valence-corrected chi connectivity index (χ0v) is 21.9. The number of hydrogen-bond acceptors (Lipinski definition) is 8. The zero-order valence-electron chi connectivity index (χ0n) is 21.9. The molecule has 0 saturated carbocycles. The van der Waals surface area contributed by atoms with Crippen molar-refractivity contribution in [1.29, 1.82) is 0 Å². The molecule has 0 saturated heterocycles. The highest BCUT2D eigenvalue weighted by molar-refractivity contribution is 5.94. The van der Waals surface area contributed by atoms with E-state index < -0.39 is 60.2 Å².